The van der Waals surface area contributed by atoms with E-state index in [1.165, 1.54) is 0 Å². The number of thioether (sulfide) groups is 1. The van der Waals surface area contributed by atoms with E-state index in [2.05, 4.69) is 21.4 Å². The Hall–Kier alpha value is -2.68. The van der Waals surface area contributed by atoms with E-state index in [0.29, 0.717) is 23.1 Å². The Bertz CT molecular complexity index is 1160. The third kappa shape index (κ3) is 5.13. The first-order chi connectivity index (χ1) is 15.7. The fraction of sp³-hybridized carbons (Fsp3) is 0.417. The highest BCUT2D eigenvalue weighted by atomic mass is 32.2. The molecule has 33 heavy (non-hydrogen) atoms. The molecule has 0 aliphatic carbocycles. The summed E-state index contributed by atoms with van der Waals surface area (Å²) in [5, 5.41) is 4.12. The number of fused-ring (bicyclic) bond motifs is 1. The Labute approximate surface area is 195 Å². The molecule has 2 aromatic carbocycles. The van der Waals surface area contributed by atoms with Gasteiger partial charge in [-0.15, -0.1) is 0 Å². The molecule has 9 heteroatoms. The summed E-state index contributed by atoms with van der Waals surface area (Å²) in [6.07, 6.45) is -2.32. The van der Waals surface area contributed by atoms with E-state index in [1.807, 2.05) is 17.8 Å². The lowest BCUT2D eigenvalue weighted by Gasteiger charge is -2.24. The van der Waals surface area contributed by atoms with Crippen molar-refractivity contribution >= 4 is 34.2 Å². The summed E-state index contributed by atoms with van der Waals surface area (Å²) in [6, 6.07) is 7.17. The summed E-state index contributed by atoms with van der Waals surface area (Å²) < 4.78 is 45.5. The molecule has 4 rings (SSSR count). The zero-order valence-corrected chi connectivity index (χ0v) is 19.6. The molecule has 3 N–H and O–H groups in total. The predicted molar refractivity (Wildman–Crippen MR) is 128 cm³/mol. The Morgan fingerprint density at radius 1 is 1.12 bits per heavy atom. The van der Waals surface area contributed by atoms with Gasteiger partial charge in [-0.2, -0.15) is 24.9 Å². The highest BCUT2D eigenvalue weighted by molar-refractivity contribution is 7.99. The summed E-state index contributed by atoms with van der Waals surface area (Å²) in [5.41, 5.74) is 7.35. The van der Waals surface area contributed by atoms with Crippen molar-refractivity contribution in [3.63, 3.8) is 0 Å². The fourth-order valence-electron chi connectivity index (χ4n) is 4.28. The van der Waals surface area contributed by atoms with E-state index < -0.39 is 17.8 Å². The third-order valence-electron chi connectivity index (χ3n) is 5.98. The second-order valence-corrected chi connectivity index (χ2v) is 9.59. The molecule has 1 aliphatic heterocycles. The second-order valence-electron chi connectivity index (χ2n) is 8.37. The largest absolute Gasteiger partial charge is 0.496 e. The van der Waals surface area contributed by atoms with Gasteiger partial charge in [0.25, 0.3) is 0 Å². The molecular weight excluding hydrogens is 449 g/mol. The van der Waals surface area contributed by atoms with Crippen molar-refractivity contribution in [3.05, 3.63) is 52.8 Å². The van der Waals surface area contributed by atoms with Gasteiger partial charge in [-0.05, 0) is 79.5 Å². The van der Waals surface area contributed by atoms with Crippen LogP contribution in [-0.2, 0) is 6.18 Å². The van der Waals surface area contributed by atoms with Gasteiger partial charge >= 0.3 is 6.18 Å². The van der Waals surface area contributed by atoms with Gasteiger partial charge < -0.3 is 15.8 Å². The number of hydrogen-bond acceptors (Lipinski definition) is 6. The smallest absolute Gasteiger partial charge is 0.416 e. The number of aryl methyl sites for hydroxylation is 1. The number of nitrogen functional groups attached to an aromatic ring is 1. The van der Waals surface area contributed by atoms with Crippen LogP contribution in [-0.4, -0.2) is 28.6 Å². The monoisotopic (exact) mass is 476 g/mol. The Morgan fingerprint density at radius 3 is 2.52 bits per heavy atom. The van der Waals surface area contributed by atoms with Gasteiger partial charge in [0.05, 0.1) is 24.2 Å². The molecule has 2 heterocycles. The van der Waals surface area contributed by atoms with Gasteiger partial charge in [-0.25, -0.2) is 9.97 Å². The highest BCUT2D eigenvalue weighted by Gasteiger charge is 2.31. The van der Waals surface area contributed by atoms with Crippen molar-refractivity contribution in [1.82, 2.24) is 9.97 Å². The maximum Gasteiger partial charge on any atom is 0.416 e. The highest BCUT2D eigenvalue weighted by Crippen LogP contribution is 2.40. The number of ether oxygens (including phenoxy) is 1. The minimum atomic E-state index is -4.47. The fourth-order valence-corrected chi connectivity index (χ4v) is 5.39. The molecule has 0 radical (unpaired) electrons. The lowest BCUT2D eigenvalue weighted by atomic mass is 9.91. The van der Waals surface area contributed by atoms with E-state index in [1.54, 1.807) is 27.0 Å². The van der Waals surface area contributed by atoms with E-state index >= 15 is 0 Å². The number of benzene rings is 2. The summed E-state index contributed by atoms with van der Waals surface area (Å²) in [7, 11) is 1.66. The van der Waals surface area contributed by atoms with Crippen molar-refractivity contribution in [2.75, 3.05) is 29.7 Å². The Morgan fingerprint density at radius 2 is 1.85 bits per heavy atom. The van der Waals surface area contributed by atoms with E-state index in [9.17, 15) is 13.2 Å². The first kappa shape index (κ1) is 23.5. The molecule has 1 aliphatic rings. The lowest BCUT2D eigenvalue weighted by molar-refractivity contribution is -0.137. The molecule has 3 aromatic rings. The summed E-state index contributed by atoms with van der Waals surface area (Å²) >= 11 is 1.96. The SMILES string of the molecule is COc1cc2nc(C)nc(N[C@H](C)c3cc(N)cc(C(F)(F)F)c3)c2cc1C1CCSCC1. The van der Waals surface area contributed by atoms with E-state index in [0.717, 1.165) is 58.7 Å². The molecule has 176 valence electrons. The number of nitrogens with one attached hydrogen (secondary N) is 1. The number of anilines is 2. The normalized spacial score (nSPS) is 16.1. The number of nitrogens with zero attached hydrogens (tertiary/aromatic N) is 2. The van der Waals surface area contributed by atoms with Crippen LogP contribution < -0.4 is 15.8 Å². The molecular formula is C24H27F3N4OS. The number of rotatable bonds is 5. The molecule has 1 saturated heterocycles. The molecule has 0 spiro atoms. The van der Waals surface area contributed by atoms with Crippen LogP contribution in [0.4, 0.5) is 24.7 Å². The second kappa shape index (κ2) is 9.29. The van der Waals surface area contributed by atoms with Crippen LogP contribution in [0.25, 0.3) is 10.9 Å². The standard InChI is InChI=1S/C24H27F3N4OS/c1-13(16-8-17(24(25,26)27)10-18(28)9-16)29-23-20-11-19(15-4-6-33-7-5-15)22(32-3)12-21(20)30-14(2)31-23/h8-13,15H,4-7,28H2,1-3H3,(H,29,30,31)/t13-/m1/s1. The summed E-state index contributed by atoms with van der Waals surface area (Å²) in [4.78, 5) is 9.15. The number of methoxy groups -OCH3 is 1. The number of aromatic nitrogens is 2. The van der Waals surface area contributed by atoms with Gasteiger partial charge in [0.2, 0.25) is 0 Å². The van der Waals surface area contributed by atoms with Gasteiger partial charge in [-0.3, -0.25) is 0 Å². The minimum Gasteiger partial charge on any atom is -0.496 e. The van der Waals surface area contributed by atoms with Gasteiger partial charge in [0, 0.05) is 17.1 Å². The maximum atomic E-state index is 13.3. The topological polar surface area (TPSA) is 73.1 Å². The van der Waals surface area contributed by atoms with Crippen LogP contribution in [0.1, 0.15) is 54.2 Å². The lowest BCUT2D eigenvalue weighted by Crippen LogP contribution is -2.13. The summed E-state index contributed by atoms with van der Waals surface area (Å²) in [6.45, 7) is 3.58. The molecule has 1 atom stereocenters. The quantitative estimate of drug-likeness (QED) is 0.419. The third-order valence-corrected chi connectivity index (χ3v) is 7.03. The van der Waals surface area contributed by atoms with Gasteiger partial charge in [-0.1, -0.05) is 0 Å². The van der Waals surface area contributed by atoms with Crippen LogP contribution >= 0.6 is 11.8 Å². The zero-order chi connectivity index (χ0) is 23.8. The van der Waals surface area contributed by atoms with Crippen LogP contribution in [0.2, 0.25) is 0 Å². The first-order valence-corrected chi connectivity index (χ1v) is 12.0. The average molecular weight is 477 g/mol. The van der Waals surface area contributed by atoms with Crippen molar-refractivity contribution in [3.8, 4) is 5.75 Å². The Balaban J connectivity index is 1.75. The van der Waals surface area contributed by atoms with Crippen LogP contribution in [0.3, 0.4) is 0 Å². The molecule has 5 nitrogen and oxygen atoms in total. The first-order valence-electron chi connectivity index (χ1n) is 10.8. The van der Waals surface area contributed by atoms with Crippen LogP contribution in [0.5, 0.6) is 5.75 Å². The minimum absolute atomic E-state index is 0.0689. The number of hydrogen-bond donors (Lipinski definition) is 2. The van der Waals surface area contributed by atoms with E-state index in [4.69, 9.17) is 10.5 Å². The molecule has 1 aromatic heterocycles. The van der Waals surface area contributed by atoms with Crippen LogP contribution in [0, 0.1) is 6.92 Å². The molecule has 0 bridgehead atoms. The van der Waals surface area contributed by atoms with Crippen molar-refractivity contribution in [1.29, 1.82) is 0 Å². The maximum absolute atomic E-state index is 13.3. The van der Waals surface area contributed by atoms with Gasteiger partial charge in [0.1, 0.15) is 17.4 Å². The van der Waals surface area contributed by atoms with Crippen molar-refractivity contribution < 1.29 is 17.9 Å². The van der Waals surface area contributed by atoms with Gasteiger partial charge in [0.15, 0.2) is 0 Å². The van der Waals surface area contributed by atoms with Crippen LogP contribution in [0.15, 0.2) is 30.3 Å². The molecule has 1 fully saturated rings. The molecule has 0 unspecified atom stereocenters. The predicted octanol–water partition coefficient (Wildman–Crippen LogP) is 6.33. The number of halogens is 3. The Kier molecular flexibility index (Phi) is 6.61. The number of alkyl halides is 3. The van der Waals surface area contributed by atoms with E-state index in [-0.39, 0.29) is 5.69 Å². The molecule has 0 saturated carbocycles. The zero-order valence-electron chi connectivity index (χ0n) is 18.8. The molecule has 0 amide bonds. The summed E-state index contributed by atoms with van der Waals surface area (Å²) in [5.74, 6) is 4.55. The number of nitrogens with two attached hydrogens (primary N) is 1. The average Bonchev–Trinajstić information content (AvgIpc) is 2.77. The van der Waals surface area contributed by atoms with Crippen molar-refractivity contribution in [2.24, 2.45) is 0 Å². The van der Waals surface area contributed by atoms with Crippen molar-refractivity contribution in [2.45, 2.75) is 44.8 Å².